The van der Waals surface area contributed by atoms with E-state index in [4.69, 9.17) is 0 Å². The predicted molar refractivity (Wildman–Crippen MR) is 79.7 cm³/mol. The van der Waals surface area contributed by atoms with Gasteiger partial charge in [0, 0.05) is 38.6 Å². The number of carbonyl (C=O) groups excluding carboxylic acids is 2. The minimum atomic E-state index is -0.192. The highest BCUT2D eigenvalue weighted by Gasteiger charge is 2.34. The number of allylic oxidation sites excluding steroid dienone is 1. The van der Waals surface area contributed by atoms with Crippen molar-refractivity contribution in [3.8, 4) is 0 Å². The third-order valence-electron chi connectivity index (χ3n) is 3.79. The zero-order chi connectivity index (χ0) is 14.8. The van der Waals surface area contributed by atoms with Gasteiger partial charge in [-0.2, -0.15) is 0 Å². The molecular weight excluding hydrogens is 266 g/mol. The van der Waals surface area contributed by atoms with Crippen LogP contribution >= 0.6 is 0 Å². The van der Waals surface area contributed by atoms with E-state index in [1.807, 2.05) is 19.3 Å². The van der Waals surface area contributed by atoms with E-state index in [2.05, 4.69) is 16.3 Å². The zero-order valence-corrected chi connectivity index (χ0v) is 11.9. The van der Waals surface area contributed by atoms with Gasteiger partial charge in [0.25, 0.3) is 11.8 Å². The Kier molecular flexibility index (Phi) is 3.48. The molecule has 0 atom stereocenters. The number of nitrogens with one attached hydrogen (secondary N) is 1. The molecule has 5 heteroatoms. The number of amides is 2. The fourth-order valence-corrected chi connectivity index (χ4v) is 2.55. The molecule has 5 nitrogen and oxygen atoms in total. The van der Waals surface area contributed by atoms with Crippen molar-refractivity contribution in [1.29, 1.82) is 0 Å². The lowest BCUT2D eigenvalue weighted by Gasteiger charge is -2.24. The highest BCUT2D eigenvalue weighted by Crippen LogP contribution is 2.22. The van der Waals surface area contributed by atoms with E-state index < -0.39 is 0 Å². The van der Waals surface area contributed by atoms with Crippen molar-refractivity contribution in [3.05, 3.63) is 59.4 Å². The van der Waals surface area contributed by atoms with Crippen LogP contribution in [0.25, 0.3) is 0 Å². The van der Waals surface area contributed by atoms with Crippen molar-refractivity contribution in [2.75, 3.05) is 26.7 Å². The fraction of sp³-hybridized carbons (Fsp3) is 0.250. The molecule has 2 aliphatic heterocycles. The summed E-state index contributed by atoms with van der Waals surface area (Å²) in [6, 6.07) is 6.98. The number of hydrogen-bond donors (Lipinski definition) is 1. The Morgan fingerprint density at radius 2 is 1.76 bits per heavy atom. The first-order valence-electron chi connectivity index (χ1n) is 6.96. The van der Waals surface area contributed by atoms with E-state index in [-0.39, 0.29) is 11.8 Å². The van der Waals surface area contributed by atoms with Gasteiger partial charge in [0.1, 0.15) is 0 Å². The maximum Gasteiger partial charge on any atom is 0.261 e. The molecule has 0 aromatic heterocycles. The summed E-state index contributed by atoms with van der Waals surface area (Å²) < 4.78 is 0. The van der Waals surface area contributed by atoms with Crippen LogP contribution in [0.2, 0.25) is 0 Å². The van der Waals surface area contributed by atoms with Crippen LogP contribution in [0.5, 0.6) is 0 Å². The number of likely N-dealkylation sites (N-methyl/N-ethyl adjacent to an activating group) is 1. The Balaban J connectivity index is 1.63. The lowest BCUT2D eigenvalue weighted by atomic mass is 10.1. The molecule has 1 N–H and O–H groups in total. The van der Waals surface area contributed by atoms with Crippen molar-refractivity contribution in [3.63, 3.8) is 0 Å². The van der Waals surface area contributed by atoms with Crippen LogP contribution < -0.4 is 5.32 Å². The molecule has 21 heavy (non-hydrogen) atoms. The molecule has 0 unspecified atom stereocenters. The second-order valence-electron chi connectivity index (χ2n) is 5.03. The smallest absolute Gasteiger partial charge is 0.261 e. The quantitative estimate of drug-likeness (QED) is 0.844. The van der Waals surface area contributed by atoms with Crippen molar-refractivity contribution in [1.82, 2.24) is 15.1 Å². The Morgan fingerprint density at radius 1 is 1.10 bits per heavy atom. The molecule has 1 aromatic carbocycles. The molecule has 0 fully saturated rings. The normalized spacial score (nSPS) is 17.1. The number of imide groups is 1. The van der Waals surface area contributed by atoms with Gasteiger partial charge in [-0.25, -0.2) is 0 Å². The molecular formula is C16H17N3O2. The number of hydrogen-bond acceptors (Lipinski definition) is 4. The fourth-order valence-electron chi connectivity index (χ4n) is 2.55. The van der Waals surface area contributed by atoms with Crippen LogP contribution in [0, 0.1) is 0 Å². The SMILES string of the molecule is CNC1=CCN(CCN2C(=O)c3ccccc3C2=O)C=C1. The van der Waals surface area contributed by atoms with Crippen LogP contribution in [-0.4, -0.2) is 48.3 Å². The number of fused-ring (bicyclic) bond motifs is 1. The average molecular weight is 283 g/mol. The van der Waals surface area contributed by atoms with E-state index in [9.17, 15) is 9.59 Å². The lowest BCUT2D eigenvalue weighted by Crippen LogP contribution is -2.37. The van der Waals surface area contributed by atoms with Gasteiger partial charge in [0.05, 0.1) is 11.1 Å². The van der Waals surface area contributed by atoms with Gasteiger partial charge >= 0.3 is 0 Å². The lowest BCUT2D eigenvalue weighted by molar-refractivity contribution is 0.0645. The minimum absolute atomic E-state index is 0.192. The molecule has 2 aliphatic rings. The zero-order valence-electron chi connectivity index (χ0n) is 11.9. The molecule has 2 heterocycles. The van der Waals surface area contributed by atoms with E-state index >= 15 is 0 Å². The Labute approximate surface area is 123 Å². The van der Waals surface area contributed by atoms with E-state index in [1.165, 1.54) is 4.90 Å². The van der Waals surface area contributed by atoms with E-state index in [0.29, 0.717) is 24.2 Å². The van der Waals surface area contributed by atoms with Crippen LogP contribution in [0.15, 0.2) is 48.3 Å². The third-order valence-corrected chi connectivity index (χ3v) is 3.79. The molecule has 0 aliphatic carbocycles. The Bertz CT molecular complexity index is 614. The molecule has 0 saturated carbocycles. The van der Waals surface area contributed by atoms with Crippen molar-refractivity contribution in [2.24, 2.45) is 0 Å². The highest BCUT2D eigenvalue weighted by molar-refractivity contribution is 6.21. The molecule has 0 radical (unpaired) electrons. The monoisotopic (exact) mass is 283 g/mol. The summed E-state index contributed by atoms with van der Waals surface area (Å²) in [7, 11) is 1.88. The molecule has 108 valence electrons. The number of benzene rings is 1. The summed E-state index contributed by atoms with van der Waals surface area (Å²) >= 11 is 0. The van der Waals surface area contributed by atoms with Crippen molar-refractivity contribution >= 4 is 11.8 Å². The minimum Gasteiger partial charge on any atom is -0.388 e. The van der Waals surface area contributed by atoms with E-state index in [1.54, 1.807) is 24.3 Å². The van der Waals surface area contributed by atoms with Crippen LogP contribution in [0.1, 0.15) is 20.7 Å². The summed E-state index contributed by atoms with van der Waals surface area (Å²) in [5, 5.41) is 3.08. The highest BCUT2D eigenvalue weighted by atomic mass is 16.2. The van der Waals surface area contributed by atoms with Crippen LogP contribution in [0.3, 0.4) is 0 Å². The van der Waals surface area contributed by atoms with Gasteiger partial charge < -0.3 is 10.2 Å². The van der Waals surface area contributed by atoms with Gasteiger partial charge in [-0.3, -0.25) is 14.5 Å². The molecule has 2 amide bonds. The van der Waals surface area contributed by atoms with Gasteiger partial charge in [0.2, 0.25) is 0 Å². The molecule has 1 aromatic rings. The van der Waals surface area contributed by atoms with Crippen LogP contribution in [-0.2, 0) is 0 Å². The second kappa shape index (κ2) is 5.44. The van der Waals surface area contributed by atoms with Crippen molar-refractivity contribution in [2.45, 2.75) is 0 Å². The van der Waals surface area contributed by atoms with E-state index in [0.717, 1.165) is 12.2 Å². The summed E-state index contributed by atoms with van der Waals surface area (Å²) in [4.78, 5) is 27.9. The van der Waals surface area contributed by atoms with Crippen molar-refractivity contribution < 1.29 is 9.59 Å². The van der Waals surface area contributed by atoms with Crippen LogP contribution in [0.4, 0.5) is 0 Å². The summed E-state index contributed by atoms with van der Waals surface area (Å²) in [6.45, 7) is 1.81. The maximum atomic E-state index is 12.2. The Morgan fingerprint density at radius 3 is 2.29 bits per heavy atom. The standard InChI is InChI=1S/C16H17N3O2/c1-17-12-6-8-18(9-7-12)10-11-19-15(20)13-4-2-3-5-14(13)16(19)21/h2-8,17H,9-11H2,1H3. The predicted octanol–water partition coefficient (Wildman–Crippen LogP) is 1.22. The summed E-state index contributed by atoms with van der Waals surface area (Å²) in [5.74, 6) is -0.383. The molecule has 3 rings (SSSR count). The molecule has 0 saturated heterocycles. The first kappa shape index (κ1) is 13.4. The first-order valence-corrected chi connectivity index (χ1v) is 6.96. The molecule has 0 spiro atoms. The molecule has 0 bridgehead atoms. The van der Waals surface area contributed by atoms with Gasteiger partial charge in [-0.1, -0.05) is 12.1 Å². The van der Waals surface area contributed by atoms with Gasteiger partial charge in [-0.05, 0) is 24.3 Å². The number of rotatable bonds is 4. The Hall–Kier alpha value is -2.56. The largest absolute Gasteiger partial charge is 0.388 e. The number of nitrogens with zero attached hydrogens (tertiary/aromatic N) is 2. The van der Waals surface area contributed by atoms with Gasteiger partial charge in [-0.15, -0.1) is 0 Å². The first-order chi connectivity index (χ1) is 10.2. The average Bonchev–Trinajstić information content (AvgIpc) is 2.78. The third kappa shape index (κ3) is 2.42. The number of carbonyl (C=O) groups is 2. The summed E-state index contributed by atoms with van der Waals surface area (Å²) in [5.41, 5.74) is 2.09. The summed E-state index contributed by atoms with van der Waals surface area (Å²) in [6.07, 6.45) is 6.03. The topological polar surface area (TPSA) is 52.6 Å². The second-order valence-corrected chi connectivity index (χ2v) is 5.03. The maximum absolute atomic E-state index is 12.2. The van der Waals surface area contributed by atoms with Gasteiger partial charge in [0.15, 0.2) is 0 Å².